The number of ether oxygens (including phenoxy) is 1. The van der Waals surface area contributed by atoms with Gasteiger partial charge in [-0.1, -0.05) is 48.0 Å². The summed E-state index contributed by atoms with van der Waals surface area (Å²) in [5, 5.41) is 22.5. The highest BCUT2D eigenvalue weighted by Crippen LogP contribution is 2.40. The molecule has 0 amide bonds. The van der Waals surface area contributed by atoms with Crippen LogP contribution in [0.1, 0.15) is 25.7 Å². The van der Waals surface area contributed by atoms with Gasteiger partial charge in [0, 0.05) is 41.8 Å². The SMILES string of the molecule is O=C(O)[C@@H]1CCN(c2nc(OC[C@@]34CC=CN3CCC4)nc3c(F)c(-c4cccc5cccc(Cl)c45)ncc23)C[C@@H]1O. The van der Waals surface area contributed by atoms with Crippen LogP contribution in [-0.4, -0.2) is 73.9 Å². The van der Waals surface area contributed by atoms with Crippen LogP contribution >= 0.6 is 11.6 Å². The van der Waals surface area contributed by atoms with E-state index in [0.717, 1.165) is 31.2 Å². The number of aromatic nitrogens is 3. The van der Waals surface area contributed by atoms with Gasteiger partial charge in [0.2, 0.25) is 0 Å². The Morgan fingerprint density at radius 2 is 2.02 bits per heavy atom. The molecule has 0 spiro atoms. The maximum absolute atomic E-state index is 16.5. The summed E-state index contributed by atoms with van der Waals surface area (Å²) in [5.74, 6) is -2.23. The van der Waals surface area contributed by atoms with E-state index in [1.165, 1.54) is 6.20 Å². The minimum absolute atomic E-state index is 0.0203. The zero-order valence-electron chi connectivity index (χ0n) is 22.7. The fourth-order valence-electron chi connectivity index (χ4n) is 6.64. The number of rotatable bonds is 6. The van der Waals surface area contributed by atoms with Gasteiger partial charge in [0.25, 0.3) is 0 Å². The Bertz CT molecular complexity index is 1750. The number of carbonyl (C=O) groups is 1. The first kappa shape index (κ1) is 26.9. The second-order valence-electron chi connectivity index (χ2n) is 11.3. The molecule has 0 unspecified atom stereocenters. The van der Waals surface area contributed by atoms with E-state index < -0.39 is 23.8 Å². The molecule has 11 heteroatoms. The molecule has 0 radical (unpaired) electrons. The Morgan fingerprint density at radius 3 is 2.83 bits per heavy atom. The zero-order valence-corrected chi connectivity index (χ0v) is 23.5. The highest BCUT2D eigenvalue weighted by atomic mass is 35.5. The minimum Gasteiger partial charge on any atom is -0.481 e. The van der Waals surface area contributed by atoms with Crippen molar-refractivity contribution in [2.45, 2.75) is 37.3 Å². The third-order valence-corrected chi connectivity index (χ3v) is 9.17. The van der Waals surface area contributed by atoms with E-state index in [4.69, 9.17) is 16.3 Å². The van der Waals surface area contributed by atoms with Crippen molar-refractivity contribution in [2.75, 3.05) is 31.1 Å². The molecule has 4 aromatic rings. The summed E-state index contributed by atoms with van der Waals surface area (Å²) in [7, 11) is 0. The van der Waals surface area contributed by atoms with Gasteiger partial charge in [-0.15, -0.1) is 0 Å². The van der Waals surface area contributed by atoms with Crippen molar-refractivity contribution < 1.29 is 24.1 Å². The van der Waals surface area contributed by atoms with Crippen LogP contribution in [-0.2, 0) is 4.79 Å². The lowest BCUT2D eigenvalue weighted by molar-refractivity contribution is -0.146. The molecule has 3 aliphatic heterocycles. The third-order valence-electron chi connectivity index (χ3n) is 8.85. The molecule has 2 fully saturated rings. The predicted molar refractivity (Wildman–Crippen MR) is 157 cm³/mol. The number of carboxylic acid groups (broad SMARTS) is 1. The van der Waals surface area contributed by atoms with Gasteiger partial charge in [-0.2, -0.15) is 9.97 Å². The standard InChI is InChI=1S/C31H29ClFN5O4/c32-22-8-2-6-18-5-1-7-20(24(18)22)26-25(33)27-21(15-34-26)28(37-14-9-19(29(40)41)23(39)16-37)36-30(35-27)42-17-31-10-3-12-38(31)13-4-11-31/h1-3,5-8,12,15,19,23,39H,4,9-11,13-14,16-17H2,(H,40,41)/t19-,23+,31+/m1/s1. The van der Waals surface area contributed by atoms with Gasteiger partial charge >= 0.3 is 12.0 Å². The van der Waals surface area contributed by atoms with Crippen LogP contribution in [0.4, 0.5) is 10.2 Å². The number of halogens is 2. The van der Waals surface area contributed by atoms with Gasteiger partial charge in [0.05, 0.1) is 22.9 Å². The molecule has 2 aromatic heterocycles. The first-order chi connectivity index (χ1) is 20.3. The van der Waals surface area contributed by atoms with E-state index in [-0.39, 0.29) is 35.7 Å². The van der Waals surface area contributed by atoms with Gasteiger partial charge in [0.15, 0.2) is 5.82 Å². The number of piperidine rings is 1. The first-order valence-electron chi connectivity index (χ1n) is 14.1. The molecule has 2 N–H and O–H groups in total. The predicted octanol–water partition coefficient (Wildman–Crippen LogP) is 5.04. The largest absolute Gasteiger partial charge is 0.481 e. The van der Waals surface area contributed by atoms with Crippen LogP contribution in [0.15, 0.2) is 54.9 Å². The lowest BCUT2D eigenvalue weighted by Crippen LogP contribution is -2.47. The summed E-state index contributed by atoms with van der Waals surface area (Å²) in [4.78, 5) is 29.4. The summed E-state index contributed by atoms with van der Waals surface area (Å²) >= 11 is 6.55. The molecule has 216 valence electrons. The Labute approximate surface area is 246 Å². The number of hydrogen-bond acceptors (Lipinski definition) is 8. The summed E-state index contributed by atoms with van der Waals surface area (Å²) in [6.45, 7) is 1.63. The lowest BCUT2D eigenvalue weighted by Gasteiger charge is -2.35. The number of aliphatic hydroxyl groups excluding tert-OH is 1. The second-order valence-corrected chi connectivity index (χ2v) is 11.7. The Kier molecular flexibility index (Phi) is 6.62. The summed E-state index contributed by atoms with van der Waals surface area (Å²) in [6.07, 6.45) is 7.74. The number of hydrogen-bond donors (Lipinski definition) is 2. The highest BCUT2D eigenvalue weighted by molar-refractivity contribution is 6.36. The smallest absolute Gasteiger partial charge is 0.319 e. The van der Waals surface area contributed by atoms with Crippen molar-refractivity contribution in [1.29, 1.82) is 0 Å². The quantitative estimate of drug-likeness (QED) is 0.319. The molecule has 2 saturated heterocycles. The molecule has 2 aromatic carbocycles. The number of aliphatic hydroxyl groups is 1. The zero-order chi connectivity index (χ0) is 29.0. The fraction of sp³-hybridized carbons (Fsp3) is 0.355. The molecule has 0 aliphatic carbocycles. The Morgan fingerprint density at radius 1 is 1.19 bits per heavy atom. The van der Waals surface area contributed by atoms with E-state index in [2.05, 4.69) is 32.1 Å². The molecular formula is C31H29ClFN5O4. The molecule has 5 heterocycles. The average molecular weight is 590 g/mol. The normalized spacial score (nSPS) is 23.6. The number of fused-ring (bicyclic) bond motifs is 3. The van der Waals surface area contributed by atoms with Crippen molar-refractivity contribution >= 4 is 45.1 Å². The number of β-amino-alcohol motifs (C(OH)–C–C–N with tert-alkyl or cyclic N) is 1. The van der Waals surface area contributed by atoms with Crippen LogP contribution in [0.5, 0.6) is 6.01 Å². The number of benzene rings is 2. The van der Waals surface area contributed by atoms with E-state index in [0.29, 0.717) is 40.3 Å². The molecule has 0 saturated carbocycles. The second kappa shape index (κ2) is 10.4. The average Bonchev–Trinajstić information content (AvgIpc) is 3.56. The summed E-state index contributed by atoms with van der Waals surface area (Å²) in [5.41, 5.74) is 0.498. The van der Waals surface area contributed by atoms with Gasteiger partial charge in [0.1, 0.15) is 23.6 Å². The number of anilines is 1. The van der Waals surface area contributed by atoms with E-state index >= 15 is 4.39 Å². The van der Waals surface area contributed by atoms with Crippen LogP contribution in [0.3, 0.4) is 0 Å². The van der Waals surface area contributed by atoms with Crippen molar-refractivity contribution in [3.05, 3.63) is 65.7 Å². The highest BCUT2D eigenvalue weighted by Gasteiger charge is 2.42. The van der Waals surface area contributed by atoms with Crippen molar-refractivity contribution in [3.63, 3.8) is 0 Å². The fourth-order valence-corrected chi connectivity index (χ4v) is 6.93. The first-order valence-corrected chi connectivity index (χ1v) is 14.5. The van der Waals surface area contributed by atoms with Crippen LogP contribution in [0.25, 0.3) is 32.9 Å². The monoisotopic (exact) mass is 589 g/mol. The van der Waals surface area contributed by atoms with Crippen molar-refractivity contribution in [3.8, 4) is 17.3 Å². The molecule has 3 aliphatic rings. The van der Waals surface area contributed by atoms with Crippen molar-refractivity contribution in [1.82, 2.24) is 19.9 Å². The van der Waals surface area contributed by atoms with Crippen LogP contribution in [0.2, 0.25) is 5.02 Å². The maximum atomic E-state index is 16.5. The third kappa shape index (κ3) is 4.40. The van der Waals surface area contributed by atoms with E-state index in [1.54, 1.807) is 17.0 Å². The number of aliphatic carboxylic acids is 1. The molecular weight excluding hydrogens is 561 g/mol. The molecule has 7 rings (SSSR count). The molecule has 9 nitrogen and oxygen atoms in total. The summed E-state index contributed by atoms with van der Waals surface area (Å²) in [6, 6.07) is 11.0. The number of nitrogens with zero attached hydrogens (tertiary/aromatic N) is 5. The molecule has 42 heavy (non-hydrogen) atoms. The topological polar surface area (TPSA) is 112 Å². The maximum Gasteiger partial charge on any atom is 0.319 e. The number of pyridine rings is 1. The summed E-state index contributed by atoms with van der Waals surface area (Å²) < 4.78 is 22.7. The molecule has 0 bridgehead atoms. The number of carboxylic acids is 1. The van der Waals surface area contributed by atoms with Gasteiger partial charge in [-0.25, -0.2) is 4.39 Å². The van der Waals surface area contributed by atoms with Gasteiger partial charge in [-0.05, 0) is 43.3 Å². The van der Waals surface area contributed by atoms with E-state index in [9.17, 15) is 15.0 Å². The Balaban J connectivity index is 1.34. The Hall–Kier alpha value is -4.02. The lowest BCUT2D eigenvalue weighted by atomic mass is 9.94. The van der Waals surface area contributed by atoms with Gasteiger partial charge in [-0.3, -0.25) is 9.78 Å². The van der Waals surface area contributed by atoms with Crippen LogP contribution < -0.4 is 9.64 Å². The minimum atomic E-state index is -1.11. The van der Waals surface area contributed by atoms with Gasteiger partial charge < -0.3 is 24.7 Å². The van der Waals surface area contributed by atoms with Crippen LogP contribution in [0, 0.1) is 11.7 Å². The van der Waals surface area contributed by atoms with E-state index in [1.807, 2.05) is 24.3 Å². The van der Waals surface area contributed by atoms with Crippen molar-refractivity contribution in [2.24, 2.45) is 5.92 Å². The molecule has 3 atom stereocenters.